The van der Waals surface area contributed by atoms with Gasteiger partial charge in [-0.25, -0.2) is 0 Å². The number of carbonyl (C=O) groups is 2. The van der Waals surface area contributed by atoms with Crippen LogP contribution >= 0.6 is 11.6 Å². The Morgan fingerprint density at radius 3 is 2.39 bits per heavy atom. The zero-order chi connectivity index (χ0) is 23.7. The summed E-state index contributed by atoms with van der Waals surface area (Å²) in [5, 5.41) is 0.599. The summed E-state index contributed by atoms with van der Waals surface area (Å²) >= 11 is 6.10. The van der Waals surface area contributed by atoms with Gasteiger partial charge in [-0.15, -0.1) is 0 Å². The van der Waals surface area contributed by atoms with E-state index >= 15 is 0 Å². The first-order chi connectivity index (χ1) is 15.8. The summed E-state index contributed by atoms with van der Waals surface area (Å²) in [4.78, 5) is 30.7. The number of anilines is 1. The highest BCUT2D eigenvalue weighted by molar-refractivity contribution is 6.30. The van der Waals surface area contributed by atoms with Crippen molar-refractivity contribution in [2.24, 2.45) is 10.7 Å². The fraction of sp³-hybridized carbons (Fsp3) is 0.160. The molecule has 33 heavy (non-hydrogen) atoms. The minimum Gasteiger partial charge on any atom is -0.496 e. The Morgan fingerprint density at radius 1 is 1.03 bits per heavy atom. The molecule has 0 radical (unpaired) electrons. The van der Waals surface area contributed by atoms with Crippen LogP contribution in [0.1, 0.15) is 21.5 Å². The van der Waals surface area contributed by atoms with Crippen LogP contribution in [0.5, 0.6) is 11.5 Å². The van der Waals surface area contributed by atoms with Crippen molar-refractivity contribution >= 4 is 34.8 Å². The van der Waals surface area contributed by atoms with Crippen molar-refractivity contribution in [2.45, 2.75) is 0 Å². The van der Waals surface area contributed by atoms with Gasteiger partial charge in [-0.1, -0.05) is 35.9 Å². The van der Waals surface area contributed by atoms with Crippen molar-refractivity contribution in [1.82, 2.24) is 0 Å². The lowest BCUT2D eigenvalue weighted by molar-refractivity contribution is -0.116. The Balaban J connectivity index is 2.07. The molecular weight excluding hydrogens is 442 g/mol. The molecule has 0 bridgehead atoms. The SMILES string of the molecule is COc1cc2c(c(OC)c1-c1ccc(Cl)cc1)C(c1cccc(C(N)=O)c1)=NCC(=O)N2C. The van der Waals surface area contributed by atoms with Crippen molar-refractivity contribution in [1.29, 1.82) is 0 Å². The van der Waals surface area contributed by atoms with E-state index in [1.165, 1.54) is 4.90 Å². The summed E-state index contributed by atoms with van der Waals surface area (Å²) in [5.74, 6) is 0.264. The molecule has 0 unspecified atom stereocenters. The number of aliphatic imine (C=N–C) groups is 1. The van der Waals surface area contributed by atoms with Crippen LogP contribution in [0.25, 0.3) is 11.1 Å². The Kier molecular flexibility index (Phi) is 6.07. The summed E-state index contributed by atoms with van der Waals surface area (Å²) in [6.07, 6.45) is 0. The highest BCUT2D eigenvalue weighted by atomic mass is 35.5. The van der Waals surface area contributed by atoms with Gasteiger partial charge in [-0.3, -0.25) is 14.6 Å². The number of hydrogen-bond donors (Lipinski definition) is 1. The van der Waals surface area contributed by atoms with Crippen LogP contribution in [0, 0.1) is 0 Å². The lowest BCUT2D eigenvalue weighted by atomic mass is 9.92. The van der Waals surface area contributed by atoms with Gasteiger partial charge in [0.1, 0.15) is 18.0 Å². The van der Waals surface area contributed by atoms with Gasteiger partial charge < -0.3 is 20.1 Å². The minimum atomic E-state index is -0.553. The Bertz CT molecular complexity index is 1290. The maximum absolute atomic E-state index is 12.8. The first kappa shape index (κ1) is 22.4. The number of ether oxygens (including phenoxy) is 2. The lowest BCUT2D eigenvalue weighted by Gasteiger charge is -2.24. The third-order valence-corrected chi connectivity index (χ3v) is 5.80. The molecule has 168 valence electrons. The molecule has 1 aliphatic heterocycles. The predicted octanol–water partition coefficient (Wildman–Crippen LogP) is 3.94. The quantitative estimate of drug-likeness (QED) is 0.620. The number of likely N-dealkylation sites (N-methyl/N-ethyl adjacent to an activating group) is 1. The average Bonchev–Trinajstić information content (AvgIpc) is 2.95. The normalized spacial score (nSPS) is 13.2. The van der Waals surface area contributed by atoms with E-state index < -0.39 is 5.91 Å². The van der Waals surface area contributed by atoms with Crippen molar-refractivity contribution in [3.05, 3.63) is 76.3 Å². The number of nitrogens with two attached hydrogens (primary N) is 1. The maximum atomic E-state index is 12.8. The summed E-state index contributed by atoms with van der Waals surface area (Å²) in [7, 11) is 4.80. The van der Waals surface area contributed by atoms with Gasteiger partial charge in [0.25, 0.3) is 0 Å². The Morgan fingerprint density at radius 2 is 1.76 bits per heavy atom. The number of benzene rings is 3. The molecule has 3 aromatic carbocycles. The molecular formula is C25H22ClN3O4. The van der Waals surface area contributed by atoms with Gasteiger partial charge >= 0.3 is 0 Å². The number of primary amides is 1. The van der Waals surface area contributed by atoms with Gasteiger partial charge in [0.2, 0.25) is 11.8 Å². The largest absolute Gasteiger partial charge is 0.496 e. The van der Waals surface area contributed by atoms with Crippen molar-refractivity contribution in [3.63, 3.8) is 0 Å². The number of amides is 2. The van der Waals surface area contributed by atoms with E-state index in [1.807, 2.05) is 18.2 Å². The van der Waals surface area contributed by atoms with E-state index in [-0.39, 0.29) is 12.5 Å². The molecule has 2 amide bonds. The van der Waals surface area contributed by atoms with Crippen molar-refractivity contribution in [2.75, 3.05) is 32.7 Å². The topological polar surface area (TPSA) is 94.2 Å². The van der Waals surface area contributed by atoms with Crippen LogP contribution in [-0.2, 0) is 4.79 Å². The van der Waals surface area contributed by atoms with E-state index in [0.29, 0.717) is 50.2 Å². The second-order valence-corrected chi connectivity index (χ2v) is 7.89. The molecule has 0 saturated heterocycles. The monoisotopic (exact) mass is 463 g/mol. The molecule has 0 fully saturated rings. The van der Waals surface area contributed by atoms with E-state index in [9.17, 15) is 9.59 Å². The van der Waals surface area contributed by atoms with E-state index in [4.69, 9.17) is 26.8 Å². The standard InChI is InChI=1S/C25H22ClN3O4/c1-29-18-12-19(32-2)21(14-7-9-17(26)10-8-14)24(33-3)22(18)23(28-13-20(29)30)15-5-4-6-16(11-15)25(27)31/h4-12H,13H2,1-3H3,(H2,27,31). The molecule has 0 aliphatic carbocycles. The average molecular weight is 464 g/mol. The fourth-order valence-electron chi connectivity index (χ4n) is 3.89. The second kappa shape index (κ2) is 8.96. The number of carbonyl (C=O) groups excluding carboxylic acids is 2. The van der Waals surface area contributed by atoms with Gasteiger partial charge in [-0.2, -0.15) is 0 Å². The molecule has 1 heterocycles. The summed E-state index contributed by atoms with van der Waals surface area (Å²) < 4.78 is 11.6. The van der Waals surface area contributed by atoms with Crippen LogP contribution in [0.4, 0.5) is 5.69 Å². The number of rotatable bonds is 5. The van der Waals surface area contributed by atoms with Crippen LogP contribution in [-0.4, -0.2) is 45.3 Å². The third kappa shape index (κ3) is 4.03. The summed E-state index contributed by atoms with van der Waals surface area (Å²) in [5.41, 5.74) is 9.68. The summed E-state index contributed by atoms with van der Waals surface area (Å²) in [6, 6.07) is 15.9. The minimum absolute atomic E-state index is 0.0664. The molecule has 0 spiro atoms. The first-order valence-corrected chi connectivity index (χ1v) is 10.5. The molecule has 0 saturated carbocycles. The van der Waals surface area contributed by atoms with Crippen molar-refractivity contribution in [3.8, 4) is 22.6 Å². The number of benzodiazepines with no additional fused rings is 1. The highest BCUT2D eigenvalue weighted by Crippen LogP contribution is 2.47. The molecule has 8 heteroatoms. The number of nitrogens with zero attached hydrogens (tertiary/aromatic N) is 2. The second-order valence-electron chi connectivity index (χ2n) is 7.45. The molecule has 1 aliphatic rings. The highest BCUT2D eigenvalue weighted by Gasteiger charge is 2.30. The molecule has 0 atom stereocenters. The van der Waals surface area contributed by atoms with Gasteiger partial charge in [-0.05, 0) is 29.8 Å². The number of methoxy groups -OCH3 is 2. The number of fused-ring (bicyclic) bond motifs is 1. The van der Waals surface area contributed by atoms with Gasteiger partial charge in [0.15, 0.2) is 0 Å². The lowest BCUT2D eigenvalue weighted by Crippen LogP contribution is -2.28. The van der Waals surface area contributed by atoms with Crippen molar-refractivity contribution < 1.29 is 19.1 Å². The van der Waals surface area contributed by atoms with Gasteiger partial charge in [0.05, 0.1) is 36.7 Å². The molecule has 4 rings (SSSR count). The first-order valence-electron chi connectivity index (χ1n) is 10.1. The third-order valence-electron chi connectivity index (χ3n) is 5.55. The van der Waals surface area contributed by atoms with Crippen LogP contribution in [0.2, 0.25) is 5.02 Å². The molecule has 2 N–H and O–H groups in total. The van der Waals surface area contributed by atoms with Crippen LogP contribution in [0.15, 0.2) is 59.6 Å². The zero-order valence-corrected chi connectivity index (χ0v) is 19.1. The maximum Gasteiger partial charge on any atom is 0.248 e. The zero-order valence-electron chi connectivity index (χ0n) is 18.4. The number of hydrogen-bond acceptors (Lipinski definition) is 5. The molecule has 7 nitrogen and oxygen atoms in total. The predicted molar refractivity (Wildman–Crippen MR) is 129 cm³/mol. The Hall–Kier alpha value is -3.84. The molecule has 0 aromatic heterocycles. The van der Waals surface area contributed by atoms with E-state index in [0.717, 1.165) is 5.56 Å². The van der Waals surface area contributed by atoms with Crippen LogP contribution in [0.3, 0.4) is 0 Å². The van der Waals surface area contributed by atoms with E-state index in [1.54, 1.807) is 57.7 Å². The Labute approximate surface area is 196 Å². The molecule has 3 aromatic rings. The summed E-state index contributed by atoms with van der Waals surface area (Å²) in [6.45, 7) is -0.0664. The van der Waals surface area contributed by atoms with Gasteiger partial charge in [0, 0.05) is 29.3 Å². The smallest absolute Gasteiger partial charge is 0.248 e. The number of halogens is 1. The van der Waals surface area contributed by atoms with Crippen LogP contribution < -0.4 is 20.1 Å². The van der Waals surface area contributed by atoms with E-state index in [2.05, 4.69) is 4.99 Å². The fourth-order valence-corrected chi connectivity index (χ4v) is 4.02.